The average molecular weight is 509 g/mol. The average Bonchev–Trinajstić information content (AvgIpc) is 2.83. The molecule has 0 aromatic heterocycles. The zero-order chi connectivity index (χ0) is 25.4. The van der Waals surface area contributed by atoms with Gasteiger partial charge in [0.1, 0.15) is 0 Å². The van der Waals surface area contributed by atoms with Crippen LogP contribution in [-0.2, 0) is 16.0 Å². The third-order valence-corrected chi connectivity index (χ3v) is 6.72. The molecule has 182 valence electrons. The smallest absolute Gasteiger partial charge is 0.303 e. The van der Waals surface area contributed by atoms with Crippen LogP contribution in [0.25, 0.3) is 0 Å². The van der Waals surface area contributed by atoms with Crippen molar-refractivity contribution in [3.05, 3.63) is 100 Å². The zero-order valence-electron chi connectivity index (χ0n) is 20.0. The minimum atomic E-state index is -0.914. The Kier molecular flexibility index (Phi) is 9.13. The van der Waals surface area contributed by atoms with E-state index in [4.69, 9.17) is 16.7 Å². The first kappa shape index (κ1) is 26.5. The molecule has 5 nitrogen and oxygen atoms in total. The van der Waals surface area contributed by atoms with Crippen molar-refractivity contribution >= 4 is 41.0 Å². The fourth-order valence-electron chi connectivity index (χ4n) is 3.29. The molecule has 35 heavy (non-hydrogen) atoms. The van der Waals surface area contributed by atoms with E-state index in [-0.39, 0.29) is 24.2 Å². The normalized spacial score (nSPS) is 11.8. The number of hydrogen-bond donors (Lipinski definition) is 2. The Labute approximate surface area is 215 Å². The van der Waals surface area contributed by atoms with Crippen molar-refractivity contribution in [1.29, 1.82) is 0 Å². The van der Waals surface area contributed by atoms with Gasteiger partial charge in [0, 0.05) is 27.7 Å². The highest BCUT2D eigenvalue weighted by Crippen LogP contribution is 2.25. The molecule has 3 aromatic rings. The Morgan fingerprint density at radius 1 is 0.886 bits per heavy atom. The quantitative estimate of drug-likeness (QED) is 0.186. The molecule has 1 amide bonds. The summed E-state index contributed by atoms with van der Waals surface area (Å²) in [5, 5.41) is 14.1. The predicted molar refractivity (Wildman–Crippen MR) is 143 cm³/mol. The van der Waals surface area contributed by atoms with Crippen LogP contribution in [0.2, 0.25) is 5.02 Å². The van der Waals surface area contributed by atoms with Crippen LogP contribution in [0, 0.1) is 0 Å². The second-order valence-corrected chi connectivity index (χ2v) is 10.6. The van der Waals surface area contributed by atoms with Gasteiger partial charge in [0.2, 0.25) is 0 Å². The zero-order valence-corrected chi connectivity index (χ0v) is 21.6. The van der Waals surface area contributed by atoms with E-state index >= 15 is 0 Å². The Bertz CT molecular complexity index is 1180. The fraction of sp³-hybridized carbons (Fsp3) is 0.250. The number of benzene rings is 3. The van der Waals surface area contributed by atoms with Crippen LogP contribution in [-0.4, -0.2) is 22.7 Å². The van der Waals surface area contributed by atoms with Gasteiger partial charge in [-0.3, -0.25) is 9.59 Å². The number of hydrogen-bond acceptors (Lipinski definition) is 4. The number of halogens is 1. The lowest BCUT2D eigenvalue weighted by Gasteiger charge is -2.19. The molecule has 0 bridgehead atoms. The molecule has 0 radical (unpaired) electrons. The molecule has 0 aliphatic rings. The number of nitrogens with zero attached hydrogens (tertiary/aromatic N) is 1. The maximum atomic E-state index is 12.7. The maximum Gasteiger partial charge on any atom is 0.303 e. The number of thioether (sulfide) groups is 1. The monoisotopic (exact) mass is 508 g/mol. The summed E-state index contributed by atoms with van der Waals surface area (Å²) in [5.41, 5.74) is 6.64. The van der Waals surface area contributed by atoms with E-state index in [2.05, 4.69) is 31.3 Å². The van der Waals surface area contributed by atoms with Crippen molar-refractivity contribution < 1.29 is 14.7 Å². The van der Waals surface area contributed by atoms with Crippen LogP contribution in [0.15, 0.2) is 82.8 Å². The highest BCUT2D eigenvalue weighted by atomic mass is 35.5. The molecule has 3 aromatic carbocycles. The van der Waals surface area contributed by atoms with Crippen LogP contribution in [0.1, 0.15) is 60.7 Å². The van der Waals surface area contributed by atoms with Crippen molar-refractivity contribution in [3.63, 3.8) is 0 Å². The molecule has 0 spiro atoms. The van der Waals surface area contributed by atoms with Gasteiger partial charge < -0.3 is 5.11 Å². The molecule has 3 rings (SSSR count). The molecule has 0 aliphatic heterocycles. The highest BCUT2D eigenvalue weighted by Gasteiger charge is 2.15. The molecule has 0 aliphatic carbocycles. The molecule has 0 fully saturated rings. The SMILES string of the molecule is CC(C)(C)c1ccc(/C(CCC(=O)O)=N/NC(=O)c2ccc(CSc3ccc(Cl)cc3)cc2)cc1. The van der Waals surface area contributed by atoms with Crippen LogP contribution in [0.3, 0.4) is 0 Å². The van der Waals surface area contributed by atoms with Gasteiger partial charge >= 0.3 is 5.97 Å². The van der Waals surface area contributed by atoms with Gasteiger partial charge in [-0.1, -0.05) is 68.8 Å². The molecule has 0 saturated carbocycles. The first-order valence-electron chi connectivity index (χ1n) is 11.3. The first-order chi connectivity index (χ1) is 16.6. The van der Waals surface area contributed by atoms with E-state index in [0.29, 0.717) is 16.3 Å². The molecular formula is C28H29ClN2O3S. The van der Waals surface area contributed by atoms with Crippen LogP contribution >= 0.6 is 23.4 Å². The van der Waals surface area contributed by atoms with Crippen molar-refractivity contribution in [2.45, 2.75) is 49.7 Å². The summed E-state index contributed by atoms with van der Waals surface area (Å²) in [6.07, 6.45) is 0.140. The molecule has 7 heteroatoms. The first-order valence-corrected chi connectivity index (χ1v) is 12.6. The van der Waals surface area contributed by atoms with Crippen molar-refractivity contribution in [2.24, 2.45) is 5.10 Å². The van der Waals surface area contributed by atoms with Gasteiger partial charge in [-0.15, -0.1) is 11.8 Å². The van der Waals surface area contributed by atoms with Gasteiger partial charge in [-0.05, 0) is 58.5 Å². The van der Waals surface area contributed by atoms with E-state index in [1.54, 1.807) is 23.9 Å². The molecule has 2 N–H and O–H groups in total. The number of carboxylic acid groups (broad SMARTS) is 1. The van der Waals surface area contributed by atoms with Crippen LogP contribution in [0.5, 0.6) is 0 Å². The van der Waals surface area contributed by atoms with E-state index in [9.17, 15) is 9.59 Å². The van der Waals surface area contributed by atoms with E-state index in [1.807, 2.05) is 60.7 Å². The predicted octanol–water partition coefficient (Wildman–Crippen LogP) is 6.93. The Balaban J connectivity index is 1.66. The van der Waals surface area contributed by atoms with Gasteiger partial charge in [-0.25, -0.2) is 5.43 Å². The second-order valence-electron chi connectivity index (χ2n) is 9.16. The number of amides is 1. The Morgan fingerprint density at radius 2 is 1.49 bits per heavy atom. The van der Waals surface area contributed by atoms with Crippen molar-refractivity contribution in [3.8, 4) is 0 Å². The minimum absolute atomic E-state index is 0.00457. The summed E-state index contributed by atoms with van der Waals surface area (Å²) in [5.74, 6) is -0.491. The lowest BCUT2D eigenvalue weighted by Crippen LogP contribution is -2.20. The van der Waals surface area contributed by atoms with Crippen molar-refractivity contribution in [1.82, 2.24) is 5.43 Å². The number of carbonyl (C=O) groups is 2. The lowest BCUT2D eigenvalue weighted by molar-refractivity contribution is -0.136. The van der Waals surface area contributed by atoms with Gasteiger partial charge in [0.15, 0.2) is 0 Å². The van der Waals surface area contributed by atoms with Gasteiger partial charge in [0.05, 0.1) is 12.1 Å². The largest absolute Gasteiger partial charge is 0.481 e. The third-order valence-electron chi connectivity index (χ3n) is 5.39. The molecule has 0 heterocycles. The molecular weight excluding hydrogens is 480 g/mol. The highest BCUT2D eigenvalue weighted by molar-refractivity contribution is 7.98. The van der Waals surface area contributed by atoms with E-state index in [1.165, 1.54) is 0 Å². The fourth-order valence-corrected chi connectivity index (χ4v) is 4.27. The standard InChI is InChI=1S/C28H29ClN2O3S/c1-28(2,3)22-10-8-20(9-11-22)25(16-17-26(32)33)30-31-27(34)21-6-4-19(5-7-21)18-35-24-14-12-23(29)13-15-24/h4-15H,16-18H2,1-3H3,(H,31,34)(H,32,33)/b30-25+. The topological polar surface area (TPSA) is 78.8 Å². The second kappa shape index (κ2) is 12.0. The summed E-state index contributed by atoms with van der Waals surface area (Å²) in [4.78, 5) is 24.9. The number of carbonyl (C=O) groups excluding carboxylic acids is 1. The van der Waals surface area contributed by atoms with Crippen LogP contribution in [0.4, 0.5) is 0 Å². The maximum absolute atomic E-state index is 12.7. The van der Waals surface area contributed by atoms with Crippen LogP contribution < -0.4 is 5.43 Å². The lowest BCUT2D eigenvalue weighted by atomic mass is 9.86. The Morgan fingerprint density at radius 3 is 2.06 bits per heavy atom. The third kappa shape index (κ3) is 8.26. The summed E-state index contributed by atoms with van der Waals surface area (Å²) in [7, 11) is 0. The Hall–Kier alpha value is -3.09. The van der Waals surface area contributed by atoms with Gasteiger partial charge in [-0.2, -0.15) is 5.10 Å². The summed E-state index contributed by atoms with van der Waals surface area (Å²) in [6, 6.07) is 22.9. The summed E-state index contributed by atoms with van der Waals surface area (Å²) < 4.78 is 0. The number of nitrogens with one attached hydrogen (secondary N) is 1. The van der Waals surface area contributed by atoms with Gasteiger partial charge in [0.25, 0.3) is 5.91 Å². The van der Waals surface area contributed by atoms with E-state index in [0.717, 1.165) is 27.3 Å². The number of carboxylic acids is 1. The summed E-state index contributed by atoms with van der Waals surface area (Å²) in [6.45, 7) is 6.38. The molecule has 0 unspecified atom stereocenters. The number of rotatable bonds is 9. The molecule has 0 atom stereocenters. The molecule has 0 saturated heterocycles. The van der Waals surface area contributed by atoms with E-state index < -0.39 is 5.97 Å². The minimum Gasteiger partial charge on any atom is -0.481 e. The summed E-state index contributed by atoms with van der Waals surface area (Å²) >= 11 is 7.62. The number of aliphatic carboxylic acids is 1. The number of hydrazone groups is 1. The van der Waals surface area contributed by atoms with Crippen molar-refractivity contribution in [2.75, 3.05) is 0 Å².